The van der Waals surface area contributed by atoms with Crippen LogP contribution in [0.5, 0.6) is 0 Å². The molecule has 1 aromatic heterocycles. The van der Waals surface area contributed by atoms with Crippen molar-refractivity contribution in [2.45, 2.75) is 59.5 Å². The topological polar surface area (TPSA) is 73.0 Å². The predicted molar refractivity (Wildman–Crippen MR) is 78.9 cm³/mol. The Kier molecular flexibility index (Phi) is 4.30. The molecule has 2 unspecified atom stereocenters. The standard InChI is InChI=1S/C14H24N4O2/c1-5-17-14(13(18(19)20)11(4)16-17)15-12-7-9(2)6-10(3)8-12/h9-10,12,15H,5-8H2,1-4H3. The molecule has 1 heterocycles. The molecule has 6 nitrogen and oxygen atoms in total. The zero-order valence-corrected chi connectivity index (χ0v) is 12.7. The maximum atomic E-state index is 11.3. The van der Waals surface area contributed by atoms with E-state index < -0.39 is 0 Å². The molecule has 0 saturated heterocycles. The van der Waals surface area contributed by atoms with E-state index in [1.165, 1.54) is 6.42 Å². The van der Waals surface area contributed by atoms with Gasteiger partial charge in [0.15, 0.2) is 0 Å². The minimum Gasteiger partial charge on any atom is -0.362 e. The van der Waals surface area contributed by atoms with Gasteiger partial charge in [-0.3, -0.25) is 10.1 Å². The van der Waals surface area contributed by atoms with Crippen molar-refractivity contribution < 1.29 is 4.92 Å². The summed E-state index contributed by atoms with van der Waals surface area (Å²) < 4.78 is 1.71. The molecule has 1 N–H and O–H groups in total. The molecule has 1 fully saturated rings. The third-order valence-corrected chi connectivity index (χ3v) is 4.10. The van der Waals surface area contributed by atoms with Crippen LogP contribution in [-0.4, -0.2) is 20.7 Å². The molecule has 1 aliphatic rings. The van der Waals surface area contributed by atoms with Crippen LogP contribution in [0.1, 0.15) is 45.7 Å². The molecule has 0 spiro atoms. The first kappa shape index (κ1) is 14.8. The molecule has 6 heteroatoms. The highest BCUT2D eigenvalue weighted by molar-refractivity contribution is 5.60. The summed E-state index contributed by atoms with van der Waals surface area (Å²) in [6, 6.07) is 0.300. The molecule has 0 bridgehead atoms. The zero-order valence-electron chi connectivity index (χ0n) is 12.7. The summed E-state index contributed by atoms with van der Waals surface area (Å²) in [7, 11) is 0. The minimum atomic E-state index is -0.327. The van der Waals surface area contributed by atoms with Crippen LogP contribution in [0.4, 0.5) is 11.5 Å². The number of rotatable bonds is 4. The third-order valence-electron chi connectivity index (χ3n) is 4.10. The van der Waals surface area contributed by atoms with Gasteiger partial charge in [0.1, 0.15) is 5.69 Å². The Labute approximate surface area is 119 Å². The van der Waals surface area contributed by atoms with Gasteiger partial charge in [-0.2, -0.15) is 5.10 Å². The van der Waals surface area contributed by atoms with Crippen LogP contribution >= 0.6 is 0 Å². The Bertz CT molecular complexity index is 488. The second kappa shape index (κ2) is 5.81. The second-order valence-corrected chi connectivity index (χ2v) is 6.11. The van der Waals surface area contributed by atoms with Crippen molar-refractivity contribution >= 4 is 11.5 Å². The van der Waals surface area contributed by atoms with Crippen LogP contribution in [0.25, 0.3) is 0 Å². The van der Waals surface area contributed by atoms with Crippen molar-refractivity contribution in [2.24, 2.45) is 11.8 Å². The van der Waals surface area contributed by atoms with Gasteiger partial charge in [-0.1, -0.05) is 13.8 Å². The monoisotopic (exact) mass is 280 g/mol. The number of nitrogens with one attached hydrogen (secondary N) is 1. The number of hydrogen-bond acceptors (Lipinski definition) is 4. The van der Waals surface area contributed by atoms with Gasteiger partial charge >= 0.3 is 5.69 Å². The average Bonchev–Trinajstić information content (AvgIpc) is 2.64. The van der Waals surface area contributed by atoms with E-state index in [0.717, 1.165) is 12.8 Å². The van der Waals surface area contributed by atoms with Crippen LogP contribution in [0.3, 0.4) is 0 Å². The number of hydrogen-bond donors (Lipinski definition) is 1. The van der Waals surface area contributed by atoms with Gasteiger partial charge in [0.2, 0.25) is 5.82 Å². The van der Waals surface area contributed by atoms with E-state index in [1.54, 1.807) is 11.6 Å². The summed E-state index contributed by atoms with van der Waals surface area (Å²) >= 11 is 0. The normalized spacial score (nSPS) is 26.5. The van der Waals surface area contributed by atoms with Crippen molar-refractivity contribution in [3.8, 4) is 0 Å². The number of aryl methyl sites for hydroxylation is 2. The van der Waals surface area contributed by atoms with Crippen LogP contribution < -0.4 is 5.32 Å². The van der Waals surface area contributed by atoms with Crippen molar-refractivity contribution in [2.75, 3.05) is 5.32 Å². The molecule has 1 aliphatic carbocycles. The number of anilines is 1. The maximum absolute atomic E-state index is 11.3. The van der Waals surface area contributed by atoms with E-state index in [-0.39, 0.29) is 10.6 Å². The Morgan fingerprint density at radius 1 is 1.35 bits per heavy atom. The van der Waals surface area contributed by atoms with Crippen molar-refractivity contribution in [3.05, 3.63) is 15.8 Å². The molecular weight excluding hydrogens is 256 g/mol. The molecule has 0 aliphatic heterocycles. The van der Waals surface area contributed by atoms with Gasteiger partial charge in [-0.25, -0.2) is 4.68 Å². The fourth-order valence-electron chi connectivity index (χ4n) is 3.42. The zero-order chi connectivity index (χ0) is 14.9. The highest BCUT2D eigenvalue weighted by Gasteiger charge is 2.30. The first-order chi connectivity index (χ1) is 9.42. The van der Waals surface area contributed by atoms with Crippen molar-refractivity contribution in [1.29, 1.82) is 0 Å². The lowest BCUT2D eigenvalue weighted by molar-refractivity contribution is -0.384. The highest BCUT2D eigenvalue weighted by Crippen LogP contribution is 2.34. The molecule has 0 radical (unpaired) electrons. The number of nitro groups is 1. The summed E-state index contributed by atoms with van der Waals surface area (Å²) in [5.74, 6) is 1.89. The van der Waals surface area contributed by atoms with Gasteiger partial charge in [0.25, 0.3) is 0 Å². The van der Waals surface area contributed by atoms with Gasteiger partial charge in [-0.05, 0) is 44.9 Å². The van der Waals surface area contributed by atoms with Crippen molar-refractivity contribution in [1.82, 2.24) is 9.78 Å². The molecule has 2 atom stereocenters. The summed E-state index contributed by atoms with van der Waals surface area (Å²) in [5, 5.41) is 18.9. The van der Waals surface area contributed by atoms with Gasteiger partial charge < -0.3 is 5.32 Å². The first-order valence-electron chi connectivity index (χ1n) is 7.40. The van der Waals surface area contributed by atoms with E-state index >= 15 is 0 Å². The SMILES string of the molecule is CCn1nc(C)c([N+](=O)[O-])c1NC1CC(C)CC(C)C1. The number of aromatic nitrogens is 2. The summed E-state index contributed by atoms with van der Waals surface area (Å²) in [6.45, 7) is 8.78. The molecule has 1 aromatic rings. The van der Waals surface area contributed by atoms with E-state index in [2.05, 4.69) is 24.3 Å². The lowest BCUT2D eigenvalue weighted by Gasteiger charge is -2.32. The Morgan fingerprint density at radius 3 is 2.45 bits per heavy atom. The van der Waals surface area contributed by atoms with Crippen LogP contribution in [0.15, 0.2) is 0 Å². The molecule has 0 amide bonds. The Morgan fingerprint density at radius 2 is 1.95 bits per heavy atom. The Hall–Kier alpha value is -1.59. The number of nitrogens with zero attached hydrogens (tertiary/aromatic N) is 3. The average molecular weight is 280 g/mol. The smallest absolute Gasteiger partial charge is 0.333 e. The second-order valence-electron chi connectivity index (χ2n) is 6.11. The lowest BCUT2D eigenvalue weighted by atomic mass is 9.80. The van der Waals surface area contributed by atoms with E-state index in [0.29, 0.717) is 35.9 Å². The molecule has 2 rings (SSSR count). The highest BCUT2D eigenvalue weighted by atomic mass is 16.6. The largest absolute Gasteiger partial charge is 0.362 e. The van der Waals surface area contributed by atoms with Crippen LogP contribution in [0.2, 0.25) is 0 Å². The first-order valence-corrected chi connectivity index (χ1v) is 7.40. The fraction of sp³-hybridized carbons (Fsp3) is 0.786. The van der Waals surface area contributed by atoms with Crippen LogP contribution in [-0.2, 0) is 6.54 Å². The molecule has 0 aromatic carbocycles. The summed E-state index contributed by atoms with van der Waals surface area (Å²) in [5.41, 5.74) is 0.606. The Balaban J connectivity index is 2.25. The summed E-state index contributed by atoms with van der Waals surface area (Å²) in [4.78, 5) is 10.9. The third kappa shape index (κ3) is 2.94. The van der Waals surface area contributed by atoms with E-state index in [9.17, 15) is 10.1 Å². The molecule has 20 heavy (non-hydrogen) atoms. The van der Waals surface area contributed by atoms with Gasteiger partial charge in [0.05, 0.1) is 4.92 Å². The molecule has 112 valence electrons. The van der Waals surface area contributed by atoms with Gasteiger partial charge in [0, 0.05) is 12.6 Å². The minimum absolute atomic E-state index is 0.123. The summed E-state index contributed by atoms with van der Waals surface area (Å²) in [6.07, 6.45) is 3.37. The van der Waals surface area contributed by atoms with Crippen molar-refractivity contribution in [3.63, 3.8) is 0 Å². The lowest BCUT2D eigenvalue weighted by Crippen LogP contribution is -2.31. The van der Waals surface area contributed by atoms with Crippen LogP contribution in [0, 0.1) is 28.9 Å². The predicted octanol–water partition coefficient (Wildman–Crippen LogP) is 3.36. The fourth-order valence-corrected chi connectivity index (χ4v) is 3.42. The van der Waals surface area contributed by atoms with Gasteiger partial charge in [-0.15, -0.1) is 0 Å². The maximum Gasteiger partial charge on any atom is 0.333 e. The van der Waals surface area contributed by atoms with E-state index in [4.69, 9.17) is 0 Å². The van der Waals surface area contributed by atoms with E-state index in [1.807, 2.05) is 6.92 Å². The quantitative estimate of drug-likeness (QED) is 0.678. The molecular formula is C14H24N4O2. The molecule has 1 saturated carbocycles.